The van der Waals surface area contributed by atoms with Crippen LogP contribution in [-0.2, 0) is 55.7 Å². The smallest absolute Gasteiger partial charge is 0.313 e. The number of halogens is 1. The molecule has 7 rings (SSSR count). The number of fused-ring (bicyclic) bond motifs is 2. The van der Waals surface area contributed by atoms with Crippen LogP contribution in [0.25, 0.3) is 11.0 Å². The Hall–Kier alpha value is -5.84. The second-order valence-corrected chi connectivity index (χ2v) is 29.4. The maximum atomic E-state index is 11.7. The largest absolute Gasteiger partial charge is 0.496 e. The predicted octanol–water partition coefficient (Wildman–Crippen LogP) is 17.9. The van der Waals surface area contributed by atoms with Gasteiger partial charge in [0, 0.05) is 61.4 Å². The summed E-state index contributed by atoms with van der Waals surface area (Å²) in [5.41, 5.74) is 12.8. The Labute approximate surface area is 535 Å². The quantitative estimate of drug-likeness (QED) is 0.0311. The van der Waals surface area contributed by atoms with Crippen LogP contribution in [0.1, 0.15) is 179 Å². The molecule has 0 fully saturated rings. The van der Waals surface area contributed by atoms with E-state index in [1.165, 1.54) is 22.4 Å². The Kier molecular flexibility index (Phi) is 33.3. The maximum absolute atomic E-state index is 11.7. The van der Waals surface area contributed by atoms with Crippen LogP contribution in [0.5, 0.6) is 11.5 Å². The fourth-order valence-electron chi connectivity index (χ4n) is 7.91. The molecule has 1 aliphatic rings. The number of esters is 3. The molecule has 6 aromatic rings. The lowest BCUT2D eigenvalue weighted by Gasteiger charge is -2.22. The van der Waals surface area contributed by atoms with E-state index in [0.29, 0.717) is 18.7 Å². The van der Waals surface area contributed by atoms with E-state index >= 15 is 0 Å². The Bertz CT molecular complexity index is 3140. The first-order valence-corrected chi connectivity index (χ1v) is 33.5. The lowest BCUT2D eigenvalue weighted by molar-refractivity contribution is -0.157. The number of rotatable bonds is 11. The number of benzene rings is 3. The lowest BCUT2D eigenvalue weighted by atomic mass is 10.0. The van der Waals surface area contributed by atoms with Gasteiger partial charge in [0.1, 0.15) is 28.3 Å². The fourth-order valence-corrected chi connectivity index (χ4v) is 10.5. The highest BCUT2D eigenvalue weighted by atomic mass is 35.5. The zero-order chi connectivity index (χ0) is 66.8. The summed E-state index contributed by atoms with van der Waals surface area (Å²) in [7, 11) is 1.07. The third-order valence-electron chi connectivity index (χ3n) is 11.3. The third-order valence-corrected chi connectivity index (χ3v) is 13.7. The minimum absolute atomic E-state index is 0.137. The number of carbonyl (C=O) groups excluding carboxylic acids is 3. The summed E-state index contributed by atoms with van der Waals surface area (Å²) in [6.07, 6.45) is 3.69. The second-order valence-electron chi connectivity index (χ2n) is 25.0. The van der Waals surface area contributed by atoms with Gasteiger partial charge in [-0.3, -0.25) is 28.9 Å². The van der Waals surface area contributed by atoms with Crippen LogP contribution in [0.4, 0.5) is 5.69 Å². The molecule has 1 atom stereocenters. The van der Waals surface area contributed by atoms with Crippen LogP contribution in [0.3, 0.4) is 0 Å². The summed E-state index contributed by atoms with van der Waals surface area (Å²) in [5.74, 6) is 2.34. The highest BCUT2D eigenvalue weighted by Crippen LogP contribution is 2.42. The summed E-state index contributed by atoms with van der Waals surface area (Å²) < 4.78 is 42.0. The normalized spacial score (nSPS) is 12.0. The van der Waals surface area contributed by atoms with Crippen molar-refractivity contribution in [2.75, 3.05) is 32.9 Å². The maximum Gasteiger partial charge on any atom is 0.313 e. The zero-order valence-corrected chi connectivity index (χ0v) is 60.0. The standard InChI is InChI=1S/C17H19N3OS.C13H18O2.C9H12ClNO.C9H9NS.2C7H14O2.C6H15O2P/c1-10-5-6-13-14(7-10)20-17(19-13)22-9-15-12(3)16(21-4)11(2)8-18-15;1-10(11-8-6-5-7-9-11)12(14)15-13(2,3)4;1-6-4-8(5-10)11-7(2)9(6)12-3;1-6-2-3-8-7(4-6)5-9(11)10-8;2*1-5-6(8)9-7(2,3)4;1-6(2,3)8-9(4,5)7/h5-8H,9H2,1-4H3,(H,19,20);5-10H,1-4H3;4H,5H2,1-3H3;2-4H,5H2,1H3,(H,10,11);2*5H2,1-4H3;1-5H3/t;10-;;;;;/m.1...../s1. The number of aromatic nitrogens is 4. The van der Waals surface area contributed by atoms with Gasteiger partial charge in [-0.05, 0) is 178 Å². The van der Waals surface area contributed by atoms with Crippen LogP contribution in [0.2, 0.25) is 0 Å². The third kappa shape index (κ3) is 33.4. The van der Waals surface area contributed by atoms with Gasteiger partial charge >= 0.3 is 17.9 Å². The van der Waals surface area contributed by atoms with Crippen molar-refractivity contribution in [3.8, 4) is 11.5 Å². The summed E-state index contributed by atoms with van der Waals surface area (Å²) in [6, 6.07) is 24.2. The van der Waals surface area contributed by atoms with Gasteiger partial charge in [-0.25, -0.2) is 4.98 Å². The molecule has 4 heterocycles. The Balaban J connectivity index is 0.000000523. The first kappa shape index (κ1) is 79.2. The number of imidazole rings is 1. The number of ether oxygens (including phenoxy) is 5. The van der Waals surface area contributed by atoms with Gasteiger partial charge < -0.3 is 38.5 Å². The number of methoxy groups -OCH3 is 2. The molecule has 19 heteroatoms. The number of pyridine rings is 2. The number of H-pyrrole nitrogens is 1. The average Bonchev–Trinajstić information content (AvgIpc) is 2.47. The number of anilines is 1. The molecule has 3 aromatic carbocycles. The van der Waals surface area contributed by atoms with Crippen LogP contribution < -0.4 is 14.8 Å². The van der Waals surface area contributed by atoms with Gasteiger partial charge in [0.25, 0.3) is 0 Å². The van der Waals surface area contributed by atoms with Gasteiger partial charge in [0.2, 0.25) is 0 Å². The van der Waals surface area contributed by atoms with Crippen LogP contribution >= 0.6 is 42.9 Å². The molecule has 0 bridgehead atoms. The van der Waals surface area contributed by atoms with E-state index in [9.17, 15) is 18.9 Å². The van der Waals surface area contributed by atoms with E-state index in [-0.39, 0.29) is 40.6 Å². The molecule has 0 amide bonds. The van der Waals surface area contributed by atoms with E-state index in [0.717, 1.165) is 84.2 Å². The Morgan fingerprint density at radius 1 is 0.701 bits per heavy atom. The molecule has 482 valence electrons. The highest BCUT2D eigenvalue weighted by molar-refractivity contribution is 7.98. The van der Waals surface area contributed by atoms with Crippen molar-refractivity contribution in [1.82, 2.24) is 19.9 Å². The molecule has 0 aliphatic carbocycles. The molecule has 0 radical (unpaired) electrons. The van der Waals surface area contributed by atoms with Gasteiger partial charge in [-0.15, -0.1) is 11.6 Å². The summed E-state index contributed by atoms with van der Waals surface area (Å²) in [6.45, 7) is 43.3. The van der Waals surface area contributed by atoms with Crippen molar-refractivity contribution in [3.63, 3.8) is 0 Å². The van der Waals surface area contributed by atoms with Crippen LogP contribution in [0.15, 0.2) is 84.1 Å². The molecule has 0 unspecified atom stereocenters. The predicted molar refractivity (Wildman–Crippen MR) is 365 cm³/mol. The van der Waals surface area contributed by atoms with Gasteiger partial charge in [0.15, 0.2) is 12.5 Å². The molecule has 0 saturated heterocycles. The molecule has 15 nitrogen and oxygen atoms in total. The summed E-state index contributed by atoms with van der Waals surface area (Å²) >= 11 is 12.4. The number of thiocarbonyl (C=S) groups is 1. The minimum atomic E-state index is -2.29. The van der Waals surface area contributed by atoms with Crippen LogP contribution in [-0.4, -0.2) is 92.8 Å². The van der Waals surface area contributed by atoms with Crippen LogP contribution in [0, 0.1) is 41.5 Å². The molecule has 1 aliphatic heterocycles. The van der Waals surface area contributed by atoms with E-state index in [2.05, 4.69) is 76.4 Å². The number of nitrogens with zero attached hydrogens (tertiary/aromatic N) is 3. The number of nitrogens with one attached hydrogen (secondary N) is 2. The van der Waals surface area contributed by atoms with Crippen molar-refractivity contribution in [1.29, 1.82) is 0 Å². The molecular weight excluding hydrogens is 1180 g/mol. The monoisotopic (exact) mass is 1280 g/mol. The molecule has 0 spiro atoms. The number of thioether (sulfide) groups is 1. The van der Waals surface area contributed by atoms with E-state index in [4.69, 9.17) is 52.0 Å². The van der Waals surface area contributed by atoms with Crippen molar-refractivity contribution in [2.24, 2.45) is 0 Å². The number of hydrogen-bond acceptors (Lipinski definition) is 15. The van der Waals surface area contributed by atoms with Gasteiger partial charge in [-0.1, -0.05) is 91.9 Å². The van der Waals surface area contributed by atoms with Crippen molar-refractivity contribution in [3.05, 3.63) is 135 Å². The van der Waals surface area contributed by atoms with E-state index in [1.807, 2.05) is 159 Å². The first-order valence-electron chi connectivity index (χ1n) is 29.1. The second kappa shape index (κ2) is 36.6. The van der Waals surface area contributed by atoms with E-state index in [1.54, 1.807) is 53.2 Å². The molecule has 0 saturated carbocycles. The number of aryl methyl sites for hydroxylation is 5. The number of aromatic amines is 1. The average molecular weight is 1280 g/mol. The van der Waals surface area contributed by atoms with Gasteiger partial charge in [-0.2, -0.15) is 0 Å². The molecule has 3 aromatic heterocycles. The fraction of sp³-hybridized carbons (Fsp3) is 0.515. The SMILES string of the molecule is CC(C)(C)OP(C)(C)=O.CCC(=O)OC(C)(C)C.CCC(=O)OC(C)(C)C.COc1c(C)cc(CCl)nc1C.COc1c(C)cnc(CSc2nc3ccc(C)cc3[nH]2)c1C.C[C@@H](C(=O)OC(C)(C)C)c1ccccc1.Cc1ccc2c(c1)CC(=S)N2. The van der Waals surface area contributed by atoms with Gasteiger partial charge in [0.05, 0.1) is 64.7 Å². The van der Waals surface area contributed by atoms with E-state index < -0.39 is 13.0 Å². The lowest BCUT2D eigenvalue weighted by Crippen LogP contribution is -2.26. The molecular formula is C68H101ClN5O10PS2. The van der Waals surface area contributed by atoms with Crippen molar-refractivity contribution >= 4 is 82.6 Å². The molecule has 87 heavy (non-hydrogen) atoms. The van der Waals surface area contributed by atoms with Crippen molar-refractivity contribution < 1.29 is 47.2 Å². The Morgan fingerprint density at radius 3 is 1.68 bits per heavy atom. The zero-order valence-electron chi connectivity index (χ0n) is 56.7. The number of hydrogen-bond donors (Lipinski definition) is 2. The minimum Gasteiger partial charge on any atom is -0.496 e. The first-order chi connectivity index (χ1) is 40.0. The summed E-state index contributed by atoms with van der Waals surface area (Å²) in [4.78, 5) is 50.6. The highest BCUT2D eigenvalue weighted by Gasteiger charge is 2.23. The number of alkyl halides is 1. The summed E-state index contributed by atoms with van der Waals surface area (Å²) in [5, 5.41) is 4.07. The topological polar surface area (TPSA) is 190 Å². The Morgan fingerprint density at radius 2 is 1.23 bits per heavy atom. The van der Waals surface area contributed by atoms with Crippen molar-refractivity contribution in [2.45, 2.75) is 210 Å². The molecule has 2 N–H and O–H groups in total. The number of carbonyl (C=O) groups is 3.